The molecule has 1 fully saturated rings. The van der Waals surface area contributed by atoms with E-state index in [0.717, 1.165) is 55.0 Å². The summed E-state index contributed by atoms with van der Waals surface area (Å²) in [6.07, 6.45) is 1.01. The Labute approximate surface area is 186 Å². The van der Waals surface area contributed by atoms with Crippen molar-refractivity contribution in [2.24, 2.45) is 5.92 Å². The molecular weight excluding hydrogens is 410 g/mol. The molecule has 8 nitrogen and oxygen atoms in total. The van der Waals surface area contributed by atoms with Gasteiger partial charge in [-0.25, -0.2) is 9.59 Å². The number of nitriles is 1. The molecule has 2 aliphatic rings. The molecule has 0 atom stereocenters. The highest BCUT2D eigenvalue weighted by molar-refractivity contribution is 5.98. The summed E-state index contributed by atoms with van der Waals surface area (Å²) in [5.41, 5.74) is 4.66. The highest BCUT2D eigenvalue weighted by Gasteiger charge is 2.28. The van der Waals surface area contributed by atoms with Crippen molar-refractivity contribution in [2.45, 2.75) is 25.9 Å². The molecule has 2 aromatic carbocycles. The number of ether oxygens (including phenoxy) is 2. The van der Waals surface area contributed by atoms with E-state index >= 15 is 0 Å². The van der Waals surface area contributed by atoms with Gasteiger partial charge >= 0.3 is 12.1 Å². The number of benzene rings is 2. The first kappa shape index (κ1) is 21.7. The van der Waals surface area contributed by atoms with Crippen molar-refractivity contribution in [3.05, 3.63) is 52.6 Å². The molecule has 2 aliphatic heterocycles. The summed E-state index contributed by atoms with van der Waals surface area (Å²) in [4.78, 5) is 25.5. The van der Waals surface area contributed by atoms with Gasteiger partial charge in [-0.15, -0.1) is 0 Å². The molecule has 2 N–H and O–H groups in total. The number of methoxy groups -OCH3 is 1. The Hall–Kier alpha value is -3.57. The van der Waals surface area contributed by atoms with E-state index in [1.165, 1.54) is 18.1 Å². The van der Waals surface area contributed by atoms with Gasteiger partial charge in [-0.2, -0.15) is 5.26 Å². The van der Waals surface area contributed by atoms with Gasteiger partial charge < -0.3 is 19.9 Å². The maximum atomic E-state index is 12.5. The highest BCUT2D eigenvalue weighted by Crippen LogP contribution is 2.38. The number of esters is 1. The molecule has 0 saturated carbocycles. The molecule has 2 aromatic rings. The molecule has 166 valence electrons. The minimum absolute atomic E-state index is 0.237. The van der Waals surface area contributed by atoms with Gasteiger partial charge in [0.15, 0.2) is 0 Å². The molecule has 0 unspecified atom stereocenters. The van der Waals surface area contributed by atoms with Crippen LogP contribution >= 0.6 is 0 Å². The lowest BCUT2D eigenvalue weighted by atomic mass is 9.91. The maximum Gasteiger partial charge on any atom is 0.407 e. The molecule has 1 saturated heterocycles. The third-order valence-corrected chi connectivity index (χ3v) is 6.10. The molecule has 8 heteroatoms. The lowest BCUT2D eigenvalue weighted by Crippen LogP contribution is -2.22. The first-order valence-corrected chi connectivity index (χ1v) is 10.6. The Balaban J connectivity index is 1.75. The van der Waals surface area contributed by atoms with E-state index in [9.17, 15) is 20.0 Å². The minimum atomic E-state index is -0.989. The van der Waals surface area contributed by atoms with Crippen LogP contribution in [0.1, 0.15) is 39.9 Å². The number of hydrogen-bond donors (Lipinski definition) is 2. The number of nitrogens with one attached hydrogen (secondary N) is 1. The molecule has 0 radical (unpaired) electrons. The van der Waals surface area contributed by atoms with Crippen molar-refractivity contribution in [1.82, 2.24) is 4.90 Å². The van der Waals surface area contributed by atoms with Crippen LogP contribution in [0.4, 0.5) is 10.5 Å². The Morgan fingerprint density at radius 1 is 1.22 bits per heavy atom. The van der Waals surface area contributed by atoms with Crippen LogP contribution in [0.25, 0.3) is 11.1 Å². The second-order valence-corrected chi connectivity index (χ2v) is 8.10. The summed E-state index contributed by atoms with van der Waals surface area (Å²) in [5.74, 6) is -0.0315. The van der Waals surface area contributed by atoms with E-state index < -0.39 is 12.1 Å². The quantitative estimate of drug-likeness (QED) is 0.686. The van der Waals surface area contributed by atoms with Crippen LogP contribution in [0.5, 0.6) is 0 Å². The third-order valence-electron chi connectivity index (χ3n) is 6.10. The SMILES string of the molecule is COC(=O)c1cc(C#N)ccc1-c1cc(NCC2CCOCC2)cc2c1CN(C(=O)O)C2. The van der Waals surface area contributed by atoms with Crippen LogP contribution in [-0.2, 0) is 22.6 Å². The van der Waals surface area contributed by atoms with E-state index in [0.29, 0.717) is 17.0 Å². The lowest BCUT2D eigenvalue weighted by molar-refractivity contribution is 0.0601. The van der Waals surface area contributed by atoms with Crippen LogP contribution in [-0.4, -0.2) is 48.9 Å². The lowest BCUT2D eigenvalue weighted by Gasteiger charge is -2.23. The fourth-order valence-electron chi connectivity index (χ4n) is 4.33. The Morgan fingerprint density at radius 3 is 2.69 bits per heavy atom. The number of rotatable bonds is 5. The monoisotopic (exact) mass is 435 g/mol. The van der Waals surface area contributed by atoms with E-state index in [2.05, 4.69) is 11.4 Å². The van der Waals surface area contributed by atoms with Gasteiger partial charge in [-0.1, -0.05) is 6.07 Å². The van der Waals surface area contributed by atoms with Crippen molar-refractivity contribution < 1.29 is 24.2 Å². The summed E-state index contributed by atoms with van der Waals surface area (Å²) >= 11 is 0. The molecule has 0 aliphatic carbocycles. The number of carbonyl (C=O) groups excluding carboxylic acids is 1. The largest absolute Gasteiger partial charge is 0.465 e. The van der Waals surface area contributed by atoms with Gasteiger partial charge in [0.05, 0.1) is 30.9 Å². The second kappa shape index (κ2) is 9.28. The number of nitrogens with zero attached hydrogens (tertiary/aromatic N) is 2. The predicted molar refractivity (Wildman–Crippen MR) is 117 cm³/mol. The fourth-order valence-corrected chi connectivity index (χ4v) is 4.33. The van der Waals surface area contributed by atoms with Gasteiger partial charge in [-0.05, 0) is 65.3 Å². The summed E-state index contributed by atoms with van der Waals surface area (Å²) in [7, 11) is 1.30. The van der Waals surface area contributed by atoms with Crippen LogP contribution in [0.3, 0.4) is 0 Å². The van der Waals surface area contributed by atoms with Crippen molar-refractivity contribution in [2.75, 3.05) is 32.2 Å². The van der Waals surface area contributed by atoms with Crippen molar-refractivity contribution >= 4 is 17.7 Å². The zero-order valence-corrected chi connectivity index (χ0v) is 17.9. The Bertz CT molecular complexity index is 1090. The van der Waals surface area contributed by atoms with E-state index in [1.54, 1.807) is 12.1 Å². The molecule has 0 bridgehead atoms. The number of amides is 1. The Kier molecular flexibility index (Phi) is 6.28. The van der Waals surface area contributed by atoms with E-state index in [4.69, 9.17) is 9.47 Å². The average molecular weight is 435 g/mol. The molecule has 2 heterocycles. The maximum absolute atomic E-state index is 12.5. The summed E-state index contributed by atoms with van der Waals surface area (Å²) in [5, 5.41) is 22.3. The third kappa shape index (κ3) is 4.39. The van der Waals surface area contributed by atoms with Crippen LogP contribution < -0.4 is 5.32 Å². The number of carboxylic acid groups (broad SMARTS) is 1. The first-order valence-electron chi connectivity index (χ1n) is 10.6. The van der Waals surface area contributed by atoms with Gasteiger partial charge in [0.1, 0.15) is 0 Å². The van der Waals surface area contributed by atoms with Crippen molar-refractivity contribution in [3.63, 3.8) is 0 Å². The zero-order chi connectivity index (χ0) is 22.7. The first-order chi connectivity index (χ1) is 15.5. The number of anilines is 1. The van der Waals surface area contributed by atoms with E-state index in [1.807, 2.05) is 12.1 Å². The number of fused-ring (bicyclic) bond motifs is 1. The zero-order valence-electron chi connectivity index (χ0n) is 17.9. The van der Waals surface area contributed by atoms with Crippen LogP contribution in [0.2, 0.25) is 0 Å². The topological polar surface area (TPSA) is 112 Å². The molecule has 4 rings (SSSR count). The number of hydrogen-bond acceptors (Lipinski definition) is 6. The van der Waals surface area contributed by atoms with Crippen molar-refractivity contribution in [1.29, 1.82) is 5.26 Å². The summed E-state index contributed by atoms with van der Waals surface area (Å²) < 4.78 is 10.4. The average Bonchev–Trinajstić information content (AvgIpc) is 3.26. The van der Waals surface area contributed by atoms with Gasteiger partial charge in [0.2, 0.25) is 0 Å². The molecule has 0 aromatic heterocycles. The minimum Gasteiger partial charge on any atom is -0.465 e. The summed E-state index contributed by atoms with van der Waals surface area (Å²) in [6.45, 7) is 2.85. The van der Waals surface area contributed by atoms with Gasteiger partial charge in [-0.3, -0.25) is 4.90 Å². The Morgan fingerprint density at radius 2 is 2.00 bits per heavy atom. The highest BCUT2D eigenvalue weighted by atomic mass is 16.5. The van der Waals surface area contributed by atoms with Crippen LogP contribution in [0, 0.1) is 17.2 Å². The van der Waals surface area contributed by atoms with Gasteiger partial charge in [0.25, 0.3) is 0 Å². The molecule has 0 spiro atoms. The van der Waals surface area contributed by atoms with E-state index in [-0.39, 0.29) is 18.7 Å². The predicted octanol–water partition coefficient (Wildman–Crippen LogP) is 3.84. The fraction of sp³-hybridized carbons (Fsp3) is 0.375. The normalized spacial score (nSPS) is 15.7. The van der Waals surface area contributed by atoms with Gasteiger partial charge in [0, 0.05) is 32.0 Å². The van der Waals surface area contributed by atoms with Crippen LogP contribution in [0.15, 0.2) is 30.3 Å². The number of carbonyl (C=O) groups is 2. The summed E-state index contributed by atoms with van der Waals surface area (Å²) in [6, 6.07) is 10.9. The molecular formula is C24H25N3O5. The molecule has 32 heavy (non-hydrogen) atoms. The smallest absolute Gasteiger partial charge is 0.407 e. The molecule has 1 amide bonds. The standard InChI is InChI=1S/C24H25N3O5/c1-31-23(28)21-8-16(11-25)2-3-19(21)20-10-18(26-12-15-4-6-32-7-5-15)9-17-13-27(24(29)30)14-22(17)20/h2-3,8-10,15,26H,4-7,12-14H2,1H3,(H,29,30). The second-order valence-electron chi connectivity index (χ2n) is 8.10. The van der Waals surface area contributed by atoms with Crippen molar-refractivity contribution in [3.8, 4) is 17.2 Å².